The zero-order valence-corrected chi connectivity index (χ0v) is 15.7. The molecular formula is C22H25F2NO3. The van der Waals surface area contributed by atoms with Crippen LogP contribution in [0.3, 0.4) is 0 Å². The third kappa shape index (κ3) is 5.76. The lowest BCUT2D eigenvalue weighted by molar-refractivity contribution is -0.139. The van der Waals surface area contributed by atoms with Gasteiger partial charge < -0.3 is 9.84 Å². The third-order valence-electron chi connectivity index (χ3n) is 5.16. The number of piperidine rings is 1. The van der Waals surface area contributed by atoms with Crippen molar-refractivity contribution < 1.29 is 23.4 Å². The number of hydrogen-bond donors (Lipinski definition) is 1. The van der Waals surface area contributed by atoms with Gasteiger partial charge in [-0.15, -0.1) is 0 Å². The smallest absolute Gasteiger partial charge is 0.341 e. The van der Waals surface area contributed by atoms with Crippen molar-refractivity contribution in [1.82, 2.24) is 4.90 Å². The monoisotopic (exact) mass is 389 g/mol. The minimum atomic E-state index is -1.00. The maximum absolute atomic E-state index is 13.8. The van der Waals surface area contributed by atoms with Crippen LogP contribution in [0, 0.1) is 17.6 Å². The molecule has 0 radical (unpaired) electrons. The van der Waals surface area contributed by atoms with Gasteiger partial charge in [0, 0.05) is 18.7 Å². The van der Waals surface area contributed by atoms with Crippen LogP contribution in [-0.2, 0) is 17.8 Å². The van der Waals surface area contributed by atoms with E-state index < -0.39 is 17.6 Å². The molecule has 4 nitrogen and oxygen atoms in total. The highest BCUT2D eigenvalue weighted by molar-refractivity contribution is 5.68. The van der Waals surface area contributed by atoms with Crippen molar-refractivity contribution >= 4 is 5.97 Å². The Morgan fingerprint density at radius 3 is 2.54 bits per heavy atom. The number of carboxylic acid groups (broad SMARTS) is 1. The van der Waals surface area contributed by atoms with Crippen molar-refractivity contribution in [3.63, 3.8) is 0 Å². The molecule has 6 heteroatoms. The van der Waals surface area contributed by atoms with E-state index in [2.05, 4.69) is 4.90 Å². The molecule has 0 aliphatic carbocycles. The molecule has 28 heavy (non-hydrogen) atoms. The fourth-order valence-corrected chi connectivity index (χ4v) is 3.74. The van der Waals surface area contributed by atoms with Crippen LogP contribution in [0.5, 0.6) is 5.75 Å². The molecule has 0 spiro atoms. The van der Waals surface area contributed by atoms with Crippen molar-refractivity contribution in [3.05, 3.63) is 65.2 Å². The van der Waals surface area contributed by atoms with Crippen molar-refractivity contribution in [2.75, 3.05) is 19.7 Å². The van der Waals surface area contributed by atoms with Gasteiger partial charge in [-0.25, -0.2) is 13.6 Å². The maximum atomic E-state index is 13.8. The summed E-state index contributed by atoms with van der Waals surface area (Å²) in [5.74, 6) is -0.963. The highest BCUT2D eigenvalue weighted by Gasteiger charge is 2.21. The Hall–Kier alpha value is -2.47. The number of halogens is 2. The molecule has 3 rings (SSSR count). The van der Waals surface area contributed by atoms with Crippen LogP contribution in [0.25, 0.3) is 0 Å². The van der Waals surface area contributed by atoms with Gasteiger partial charge in [0.2, 0.25) is 0 Å². The Morgan fingerprint density at radius 1 is 1.14 bits per heavy atom. The van der Waals surface area contributed by atoms with Gasteiger partial charge in [0.25, 0.3) is 0 Å². The topological polar surface area (TPSA) is 49.8 Å². The van der Waals surface area contributed by atoms with E-state index in [1.807, 2.05) is 12.1 Å². The molecule has 1 unspecified atom stereocenters. The number of benzene rings is 2. The summed E-state index contributed by atoms with van der Waals surface area (Å²) >= 11 is 0. The number of carboxylic acids is 1. The van der Waals surface area contributed by atoms with Crippen LogP contribution in [0.4, 0.5) is 8.78 Å². The first-order valence-corrected chi connectivity index (χ1v) is 9.60. The van der Waals surface area contributed by atoms with E-state index in [-0.39, 0.29) is 12.2 Å². The van der Waals surface area contributed by atoms with E-state index in [0.717, 1.165) is 44.5 Å². The average molecular weight is 389 g/mol. The summed E-state index contributed by atoms with van der Waals surface area (Å²) in [5, 5.41) is 8.64. The van der Waals surface area contributed by atoms with Crippen LogP contribution in [0.2, 0.25) is 0 Å². The van der Waals surface area contributed by atoms with Gasteiger partial charge in [-0.1, -0.05) is 18.2 Å². The zero-order valence-electron chi connectivity index (χ0n) is 15.7. The van der Waals surface area contributed by atoms with Gasteiger partial charge in [-0.2, -0.15) is 0 Å². The number of carbonyl (C=O) groups is 1. The first-order chi connectivity index (χ1) is 13.5. The van der Waals surface area contributed by atoms with E-state index in [4.69, 9.17) is 9.84 Å². The summed E-state index contributed by atoms with van der Waals surface area (Å²) in [4.78, 5) is 12.9. The second-order valence-corrected chi connectivity index (χ2v) is 7.31. The number of aliphatic carboxylic acids is 1. The van der Waals surface area contributed by atoms with Crippen LogP contribution >= 0.6 is 0 Å². The van der Waals surface area contributed by atoms with Crippen molar-refractivity contribution in [2.45, 2.75) is 32.2 Å². The first kappa shape index (κ1) is 20.3. The number of likely N-dealkylation sites (tertiary alicyclic amines) is 1. The molecule has 1 aliphatic heterocycles. The van der Waals surface area contributed by atoms with Gasteiger partial charge in [-0.05, 0) is 68.0 Å². The molecule has 2 aromatic carbocycles. The van der Waals surface area contributed by atoms with E-state index in [9.17, 15) is 13.6 Å². The summed E-state index contributed by atoms with van der Waals surface area (Å²) in [6.45, 7) is 2.36. The number of nitrogens with zero attached hydrogens (tertiary/aromatic N) is 1. The molecule has 0 amide bonds. The van der Waals surface area contributed by atoms with Gasteiger partial charge in [0.1, 0.15) is 17.4 Å². The largest absolute Gasteiger partial charge is 0.482 e. The summed E-state index contributed by atoms with van der Waals surface area (Å²) in [6, 6.07) is 11.5. The number of hydrogen-bond acceptors (Lipinski definition) is 3. The highest BCUT2D eigenvalue weighted by Crippen LogP contribution is 2.25. The van der Waals surface area contributed by atoms with Crippen molar-refractivity contribution in [1.29, 1.82) is 0 Å². The lowest BCUT2D eigenvalue weighted by atomic mass is 9.91. The lowest BCUT2D eigenvalue weighted by Gasteiger charge is -2.33. The Kier molecular flexibility index (Phi) is 6.98. The van der Waals surface area contributed by atoms with Crippen molar-refractivity contribution in [3.8, 4) is 5.75 Å². The maximum Gasteiger partial charge on any atom is 0.341 e. The van der Waals surface area contributed by atoms with Gasteiger partial charge in [-0.3, -0.25) is 4.90 Å². The van der Waals surface area contributed by atoms with Gasteiger partial charge in [0.05, 0.1) is 0 Å². The molecule has 1 N–H and O–H groups in total. The van der Waals surface area contributed by atoms with Crippen LogP contribution < -0.4 is 4.74 Å². The van der Waals surface area contributed by atoms with Gasteiger partial charge >= 0.3 is 5.97 Å². The quantitative estimate of drug-likeness (QED) is 0.732. The molecule has 1 aliphatic rings. The zero-order chi connectivity index (χ0) is 19.9. The Bertz CT molecular complexity index is 775. The molecule has 150 valence electrons. The SMILES string of the molecule is O=C(O)COc1ccc(CN2CCCC(CCc3c(F)cccc3F)C2)cc1. The highest BCUT2D eigenvalue weighted by atomic mass is 19.1. The van der Waals surface area contributed by atoms with E-state index in [1.165, 1.54) is 18.2 Å². The standard InChI is InChI=1S/C22H25F2NO3/c23-20-4-1-5-21(24)19(20)11-8-16-3-2-12-25(13-16)14-17-6-9-18(10-7-17)28-15-22(26)27/h1,4-7,9-10,16H,2-3,8,11-15H2,(H,26,27). The summed E-state index contributed by atoms with van der Waals surface area (Å²) in [5.41, 5.74) is 1.32. The predicted molar refractivity (Wildman–Crippen MR) is 102 cm³/mol. The summed E-state index contributed by atoms with van der Waals surface area (Å²) < 4.78 is 32.8. The second-order valence-electron chi connectivity index (χ2n) is 7.31. The van der Waals surface area contributed by atoms with E-state index in [0.29, 0.717) is 18.1 Å². The normalized spacial score (nSPS) is 17.4. The molecule has 0 saturated carbocycles. The fraction of sp³-hybridized carbons (Fsp3) is 0.409. The Balaban J connectivity index is 1.50. The van der Waals surface area contributed by atoms with E-state index in [1.54, 1.807) is 12.1 Å². The first-order valence-electron chi connectivity index (χ1n) is 9.60. The summed E-state index contributed by atoms with van der Waals surface area (Å²) in [6.07, 6.45) is 3.35. The fourth-order valence-electron chi connectivity index (χ4n) is 3.74. The Morgan fingerprint density at radius 2 is 1.86 bits per heavy atom. The number of rotatable bonds is 8. The lowest BCUT2D eigenvalue weighted by Crippen LogP contribution is -2.35. The van der Waals surface area contributed by atoms with Crippen molar-refractivity contribution in [2.24, 2.45) is 5.92 Å². The molecule has 1 heterocycles. The molecule has 1 atom stereocenters. The molecule has 0 bridgehead atoms. The molecular weight excluding hydrogens is 364 g/mol. The molecule has 2 aromatic rings. The van der Waals surface area contributed by atoms with E-state index >= 15 is 0 Å². The van der Waals surface area contributed by atoms with Crippen LogP contribution in [0.15, 0.2) is 42.5 Å². The van der Waals surface area contributed by atoms with Crippen LogP contribution in [-0.4, -0.2) is 35.7 Å². The average Bonchev–Trinajstić information content (AvgIpc) is 2.67. The minimum Gasteiger partial charge on any atom is -0.482 e. The predicted octanol–water partition coefficient (Wildman–Crippen LogP) is 4.27. The second kappa shape index (κ2) is 9.64. The Labute approximate surface area is 163 Å². The number of ether oxygens (including phenoxy) is 1. The third-order valence-corrected chi connectivity index (χ3v) is 5.16. The summed E-state index contributed by atoms with van der Waals surface area (Å²) in [7, 11) is 0. The molecule has 1 saturated heterocycles. The molecule has 1 fully saturated rings. The van der Waals surface area contributed by atoms with Gasteiger partial charge in [0.15, 0.2) is 6.61 Å². The molecule has 0 aromatic heterocycles. The minimum absolute atomic E-state index is 0.191. The van der Waals surface area contributed by atoms with Crippen LogP contribution in [0.1, 0.15) is 30.4 Å².